The fourth-order valence-electron chi connectivity index (χ4n) is 8.96. The van der Waals surface area contributed by atoms with Gasteiger partial charge in [0.05, 0.1) is 30.8 Å². The van der Waals surface area contributed by atoms with Crippen LogP contribution in [-0.2, 0) is 33.3 Å². The second-order valence-electron chi connectivity index (χ2n) is 15.0. The van der Waals surface area contributed by atoms with E-state index in [0.717, 1.165) is 19.3 Å². The summed E-state index contributed by atoms with van der Waals surface area (Å²) in [6, 6.07) is -0.0289. The number of ether oxygens (including phenoxy) is 5. The van der Waals surface area contributed by atoms with Crippen molar-refractivity contribution >= 4 is 11.8 Å². The first-order valence-corrected chi connectivity index (χ1v) is 18.0. The number of nitrogens with two attached hydrogens (primary N) is 1. The van der Waals surface area contributed by atoms with E-state index >= 15 is 0 Å². The Morgan fingerprint density at radius 1 is 0.894 bits per heavy atom. The number of carbonyl (C=O) groups excluding carboxylic acids is 2. The maximum absolute atomic E-state index is 14.4. The minimum Gasteiger partial charge on any atom is -0.462 e. The van der Waals surface area contributed by atoms with Gasteiger partial charge >= 0.3 is 5.97 Å². The Balaban J connectivity index is 1.21. The van der Waals surface area contributed by atoms with E-state index in [9.17, 15) is 24.9 Å². The van der Waals surface area contributed by atoms with Crippen LogP contribution in [-0.4, -0.2) is 94.5 Å². The molecule has 11 heteroatoms. The van der Waals surface area contributed by atoms with Gasteiger partial charge in [-0.05, 0) is 94.5 Å². The second-order valence-corrected chi connectivity index (χ2v) is 15.0. The Kier molecular flexibility index (Phi) is 11.0. The highest BCUT2D eigenvalue weighted by Crippen LogP contribution is 2.54. The number of fused-ring (bicyclic) bond motifs is 5. The van der Waals surface area contributed by atoms with Gasteiger partial charge in [0.15, 0.2) is 18.4 Å². The van der Waals surface area contributed by atoms with Crippen LogP contribution in [0.2, 0.25) is 0 Å². The third kappa shape index (κ3) is 7.29. The molecule has 0 aromatic rings. The zero-order chi connectivity index (χ0) is 33.6. The third-order valence-electron chi connectivity index (χ3n) is 12.0. The molecular formula is C36H55NO10. The molecule has 4 fully saturated rings. The lowest BCUT2D eigenvalue weighted by Gasteiger charge is -2.40. The predicted octanol–water partition coefficient (Wildman–Crippen LogP) is 2.92. The summed E-state index contributed by atoms with van der Waals surface area (Å²) in [6.45, 7) is 7.59. The van der Waals surface area contributed by atoms with Gasteiger partial charge in [-0.1, -0.05) is 32.1 Å². The van der Waals surface area contributed by atoms with Crippen molar-refractivity contribution in [3.8, 4) is 0 Å². The number of rotatable bonds is 5. The smallest absolute Gasteiger partial charge is 0.306 e. The predicted molar refractivity (Wildman–Crippen MR) is 170 cm³/mol. The van der Waals surface area contributed by atoms with Crippen molar-refractivity contribution in [2.24, 2.45) is 41.2 Å². The van der Waals surface area contributed by atoms with Crippen LogP contribution >= 0.6 is 0 Å². The summed E-state index contributed by atoms with van der Waals surface area (Å²) in [5.74, 6) is -0.546. The molecule has 5 N–H and O–H groups in total. The molecule has 11 nitrogen and oxygen atoms in total. The van der Waals surface area contributed by atoms with Crippen LogP contribution in [0.3, 0.4) is 0 Å². The molecule has 264 valence electrons. The first-order chi connectivity index (χ1) is 22.4. The zero-order valence-electron chi connectivity index (χ0n) is 28.2. The molecule has 0 aromatic heterocycles. The third-order valence-corrected chi connectivity index (χ3v) is 12.0. The summed E-state index contributed by atoms with van der Waals surface area (Å²) in [5, 5.41) is 30.9. The number of carbonyl (C=O) groups is 2. The SMILES string of the molecule is CC[C@H]1CCC[C@H](O[C@H]2CC[C@H](N)C(C)O2)[C@@H](C)C(=O)C2=C[C@H]3[C@@H]4C[C@H](OC5OC(C)C(O)C(O)C5O)C[C@H]4C=C[C@H]3C2CC(=O)O1. The Morgan fingerprint density at radius 2 is 1.68 bits per heavy atom. The van der Waals surface area contributed by atoms with E-state index in [1.54, 1.807) is 6.92 Å². The fourth-order valence-corrected chi connectivity index (χ4v) is 8.96. The summed E-state index contributed by atoms with van der Waals surface area (Å²) in [6.07, 6.45) is 5.51. The molecule has 1 saturated carbocycles. The minimum absolute atomic E-state index is 0.0198. The number of aliphatic hydroxyl groups is 3. The molecule has 47 heavy (non-hydrogen) atoms. The Bertz CT molecular complexity index is 1190. The minimum atomic E-state index is -1.36. The number of allylic oxidation sites excluding steroid dienone is 4. The number of ketones is 1. The lowest BCUT2D eigenvalue weighted by atomic mass is 9.70. The lowest BCUT2D eigenvalue weighted by molar-refractivity contribution is -0.303. The van der Waals surface area contributed by atoms with Crippen molar-refractivity contribution in [1.82, 2.24) is 0 Å². The molecular weight excluding hydrogens is 606 g/mol. The number of hydrogen-bond acceptors (Lipinski definition) is 11. The molecule has 3 saturated heterocycles. The molecule has 0 radical (unpaired) electrons. The maximum atomic E-state index is 14.4. The van der Waals surface area contributed by atoms with Crippen molar-refractivity contribution in [1.29, 1.82) is 0 Å². The van der Waals surface area contributed by atoms with Gasteiger partial charge in [0.2, 0.25) is 0 Å². The van der Waals surface area contributed by atoms with Crippen LogP contribution in [0.4, 0.5) is 0 Å². The monoisotopic (exact) mass is 661 g/mol. The average molecular weight is 662 g/mol. The largest absolute Gasteiger partial charge is 0.462 e. The van der Waals surface area contributed by atoms with Gasteiger partial charge in [-0.15, -0.1) is 0 Å². The molecule has 0 amide bonds. The van der Waals surface area contributed by atoms with Gasteiger partial charge in [0, 0.05) is 17.9 Å². The summed E-state index contributed by atoms with van der Waals surface area (Å²) < 4.78 is 30.6. The maximum Gasteiger partial charge on any atom is 0.306 e. The number of Topliss-reactive ketones (excluding diaryl/α,β-unsaturated/α-hetero) is 1. The Morgan fingerprint density at radius 3 is 2.43 bits per heavy atom. The second kappa shape index (κ2) is 14.6. The van der Waals surface area contributed by atoms with Crippen LogP contribution in [0.25, 0.3) is 0 Å². The molecule has 3 heterocycles. The van der Waals surface area contributed by atoms with Crippen LogP contribution in [0.1, 0.15) is 85.5 Å². The van der Waals surface area contributed by atoms with Gasteiger partial charge in [0.1, 0.15) is 24.4 Å². The molecule has 7 unspecified atom stereocenters. The van der Waals surface area contributed by atoms with Gasteiger partial charge in [0.25, 0.3) is 0 Å². The van der Waals surface area contributed by atoms with Crippen LogP contribution in [0.5, 0.6) is 0 Å². The molecule has 6 aliphatic rings. The number of esters is 1. The lowest BCUT2D eigenvalue weighted by Crippen LogP contribution is -2.57. The Hall–Kier alpha value is -1.70. The summed E-state index contributed by atoms with van der Waals surface area (Å²) in [7, 11) is 0. The standard InChI is InChI=1S/C36H55NO10/c1-5-21-7-6-8-29(47-31-12-11-28(37)18(3)43-31)17(2)32(39)27-15-25-23(26(27)16-30(38)45-21)10-9-20-13-22(14-24(20)25)46-36-35(42)34(41)33(40)19(4)44-36/h9-10,15,17-26,28-29,31,33-36,40-42H,5-8,11-14,16,37H2,1-4H3/t17-,18?,19?,20-,21+,22-,23-,24-,25-,26?,28+,29+,31+,33?,34?,35?,36?/m1/s1. The van der Waals surface area contributed by atoms with E-state index in [2.05, 4.69) is 18.2 Å². The zero-order valence-corrected chi connectivity index (χ0v) is 28.2. The molecule has 17 atom stereocenters. The van der Waals surface area contributed by atoms with Crippen molar-refractivity contribution in [3.63, 3.8) is 0 Å². The number of aliphatic hydroxyl groups excluding tert-OH is 3. The quantitative estimate of drug-likeness (QED) is 0.253. The number of cyclic esters (lactones) is 1. The van der Waals surface area contributed by atoms with Crippen molar-refractivity contribution in [2.75, 3.05) is 0 Å². The van der Waals surface area contributed by atoms with Crippen molar-refractivity contribution < 1.29 is 48.6 Å². The fraction of sp³-hybridized carbons (Fsp3) is 0.833. The highest BCUT2D eigenvalue weighted by molar-refractivity contribution is 5.99. The van der Waals surface area contributed by atoms with E-state index < -0.39 is 42.9 Å². The van der Waals surface area contributed by atoms with E-state index in [0.29, 0.717) is 37.7 Å². The highest BCUT2D eigenvalue weighted by Gasteiger charge is 2.52. The van der Waals surface area contributed by atoms with E-state index in [4.69, 9.17) is 29.4 Å². The van der Waals surface area contributed by atoms with Gasteiger partial charge < -0.3 is 44.7 Å². The van der Waals surface area contributed by atoms with Gasteiger partial charge in [-0.2, -0.15) is 0 Å². The molecule has 3 aliphatic carbocycles. The van der Waals surface area contributed by atoms with E-state index in [1.807, 2.05) is 20.8 Å². The molecule has 3 aliphatic heterocycles. The molecule has 0 spiro atoms. The average Bonchev–Trinajstić information content (AvgIpc) is 3.63. The van der Waals surface area contributed by atoms with Crippen LogP contribution < -0.4 is 5.73 Å². The first-order valence-electron chi connectivity index (χ1n) is 18.0. The molecule has 0 bridgehead atoms. The van der Waals surface area contributed by atoms with Gasteiger partial charge in [-0.3, -0.25) is 9.59 Å². The van der Waals surface area contributed by atoms with E-state index in [-0.39, 0.29) is 78.2 Å². The van der Waals surface area contributed by atoms with E-state index in [1.165, 1.54) is 0 Å². The Labute approximate surface area is 278 Å². The summed E-state index contributed by atoms with van der Waals surface area (Å²) in [5.41, 5.74) is 6.87. The molecule has 0 aromatic carbocycles. The van der Waals surface area contributed by atoms with Crippen molar-refractivity contribution in [2.45, 2.75) is 153 Å². The van der Waals surface area contributed by atoms with Crippen LogP contribution in [0.15, 0.2) is 23.8 Å². The van der Waals surface area contributed by atoms with Gasteiger partial charge in [-0.25, -0.2) is 0 Å². The summed E-state index contributed by atoms with van der Waals surface area (Å²) in [4.78, 5) is 27.8. The number of hydrogen-bond donors (Lipinski definition) is 4. The van der Waals surface area contributed by atoms with Crippen molar-refractivity contribution in [3.05, 3.63) is 23.8 Å². The summed E-state index contributed by atoms with van der Waals surface area (Å²) >= 11 is 0. The topological polar surface area (TPSA) is 167 Å². The highest BCUT2D eigenvalue weighted by atomic mass is 16.7. The first kappa shape index (κ1) is 35.1. The van der Waals surface area contributed by atoms with Crippen LogP contribution in [0, 0.1) is 35.5 Å². The molecule has 6 rings (SSSR count). The normalized spacial score (nSPS) is 49.2.